The van der Waals surface area contributed by atoms with Crippen molar-refractivity contribution in [2.45, 2.75) is 12.7 Å². The number of nitrogens with one attached hydrogen (secondary N) is 2. The second-order valence-corrected chi connectivity index (χ2v) is 4.48. The Bertz CT molecular complexity index is 653. The van der Waals surface area contributed by atoms with E-state index in [1.165, 1.54) is 30.3 Å². The van der Waals surface area contributed by atoms with Crippen molar-refractivity contribution in [2.75, 3.05) is 5.32 Å². The molecule has 0 heterocycles. The van der Waals surface area contributed by atoms with E-state index in [0.29, 0.717) is 5.56 Å². The number of para-hydroxylation sites is 1. The molecule has 0 unspecified atom stereocenters. The van der Waals surface area contributed by atoms with Crippen LogP contribution in [0.15, 0.2) is 48.5 Å². The van der Waals surface area contributed by atoms with Crippen molar-refractivity contribution in [3.05, 3.63) is 65.5 Å². The minimum atomic E-state index is -4.39. The molecule has 0 saturated carbocycles. The summed E-state index contributed by atoms with van der Waals surface area (Å²) in [5, 5.41) is 4.75. The summed E-state index contributed by atoms with van der Waals surface area (Å²) in [4.78, 5) is 11.6. The standard InChI is InChI=1S/C15H12F4N2O/c16-12-3-1-2-4-13(12)21-14(22)20-9-10-5-7-11(8-6-10)15(17,18)19/h1-8H,9H2,(H2,20,21,22). The van der Waals surface area contributed by atoms with Crippen LogP contribution in [-0.4, -0.2) is 6.03 Å². The van der Waals surface area contributed by atoms with Crippen LogP contribution in [0, 0.1) is 5.82 Å². The fourth-order valence-corrected chi connectivity index (χ4v) is 1.72. The monoisotopic (exact) mass is 312 g/mol. The van der Waals surface area contributed by atoms with Crippen LogP contribution in [0.25, 0.3) is 0 Å². The minimum absolute atomic E-state index is 0.0208. The Labute approximate surface area is 124 Å². The number of hydrogen-bond acceptors (Lipinski definition) is 1. The molecule has 7 heteroatoms. The third kappa shape index (κ3) is 4.21. The summed E-state index contributed by atoms with van der Waals surface area (Å²) in [6, 6.07) is 9.41. The molecule has 0 saturated heterocycles. The number of halogens is 4. The summed E-state index contributed by atoms with van der Waals surface area (Å²) < 4.78 is 50.5. The molecule has 2 N–H and O–H groups in total. The van der Waals surface area contributed by atoms with Crippen LogP contribution in [0.2, 0.25) is 0 Å². The molecule has 0 fully saturated rings. The highest BCUT2D eigenvalue weighted by Crippen LogP contribution is 2.29. The van der Waals surface area contributed by atoms with E-state index in [9.17, 15) is 22.4 Å². The van der Waals surface area contributed by atoms with Crippen molar-refractivity contribution in [3.63, 3.8) is 0 Å². The van der Waals surface area contributed by atoms with Crippen LogP contribution >= 0.6 is 0 Å². The molecule has 3 nitrogen and oxygen atoms in total. The van der Waals surface area contributed by atoms with E-state index in [4.69, 9.17) is 0 Å². The first-order valence-electron chi connectivity index (χ1n) is 6.32. The van der Waals surface area contributed by atoms with Crippen LogP contribution < -0.4 is 10.6 Å². The Morgan fingerprint density at radius 2 is 1.64 bits per heavy atom. The molecule has 0 radical (unpaired) electrons. The molecule has 22 heavy (non-hydrogen) atoms. The first kappa shape index (κ1) is 15.8. The number of anilines is 1. The average Bonchev–Trinajstić information content (AvgIpc) is 2.47. The third-order valence-corrected chi connectivity index (χ3v) is 2.86. The maximum absolute atomic E-state index is 13.3. The second kappa shape index (κ2) is 6.46. The molecule has 0 bridgehead atoms. The van der Waals surface area contributed by atoms with Crippen LogP contribution in [0.3, 0.4) is 0 Å². The molecule has 2 rings (SSSR count). The van der Waals surface area contributed by atoms with E-state index < -0.39 is 23.6 Å². The predicted octanol–water partition coefficient (Wildman–Crippen LogP) is 4.17. The van der Waals surface area contributed by atoms with Gasteiger partial charge in [0.05, 0.1) is 11.3 Å². The number of carbonyl (C=O) groups is 1. The van der Waals surface area contributed by atoms with E-state index in [1.807, 2.05) is 0 Å². The number of rotatable bonds is 3. The van der Waals surface area contributed by atoms with Gasteiger partial charge in [-0.1, -0.05) is 24.3 Å². The maximum atomic E-state index is 13.3. The van der Waals surface area contributed by atoms with Gasteiger partial charge in [-0.3, -0.25) is 0 Å². The van der Waals surface area contributed by atoms with Gasteiger partial charge in [0.25, 0.3) is 0 Å². The first-order valence-corrected chi connectivity index (χ1v) is 6.32. The Kier molecular flexibility index (Phi) is 4.65. The van der Waals surface area contributed by atoms with Crippen molar-refractivity contribution < 1.29 is 22.4 Å². The molecule has 0 aliphatic heterocycles. The highest BCUT2D eigenvalue weighted by atomic mass is 19.4. The van der Waals surface area contributed by atoms with Gasteiger partial charge in [0.15, 0.2) is 0 Å². The van der Waals surface area contributed by atoms with Crippen molar-refractivity contribution in [1.82, 2.24) is 5.32 Å². The number of urea groups is 1. The van der Waals surface area contributed by atoms with Gasteiger partial charge in [0, 0.05) is 6.54 Å². The van der Waals surface area contributed by atoms with Gasteiger partial charge in [-0.15, -0.1) is 0 Å². The Hall–Kier alpha value is -2.57. The van der Waals surface area contributed by atoms with Crippen molar-refractivity contribution >= 4 is 11.7 Å². The normalized spacial score (nSPS) is 11.1. The molecule has 0 spiro atoms. The topological polar surface area (TPSA) is 41.1 Å². The zero-order valence-electron chi connectivity index (χ0n) is 11.2. The van der Waals surface area contributed by atoms with Gasteiger partial charge in [-0.25, -0.2) is 9.18 Å². The van der Waals surface area contributed by atoms with Gasteiger partial charge >= 0.3 is 12.2 Å². The van der Waals surface area contributed by atoms with Crippen molar-refractivity contribution in [1.29, 1.82) is 0 Å². The van der Waals surface area contributed by atoms with E-state index in [1.54, 1.807) is 6.07 Å². The van der Waals surface area contributed by atoms with Crippen LogP contribution in [0.1, 0.15) is 11.1 Å². The first-order chi connectivity index (χ1) is 10.4. The molecule has 0 atom stereocenters. The van der Waals surface area contributed by atoms with Crippen LogP contribution in [0.4, 0.5) is 28.0 Å². The molecule has 0 aliphatic rings. The maximum Gasteiger partial charge on any atom is 0.416 e. The molecule has 0 aliphatic carbocycles. The largest absolute Gasteiger partial charge is 0.416 e. The predicted molar refractivity (Wildman–Crippen MR) is 73.7 cm³/mol. The summed E-state index contributed by atoms with van der Waals surface area (Å²) in [5.41, 5.74) is -0.240. The van der Waals surface area contributed by atoms with Gasteiger partial charge in [0.2, 0.25) is 0 Å². The zero-order chi connectivity index (χ0) is 16.2. The molecule has 116 valence electrons. The molecule has 2 aromatic rings. The van der Waals surface area contributed by atoms with E-state index in [0.717, 1.165) is 12.1 Å². The molecule has 2 aromatic carbocycles. The van der Waals surface area contributed by atoms with Gasteiger partial charge in [-0.2, -0.15) is 13.2 Å². The summed E-state index contributed by atoms with van der Waals surface area (Å²) >= 11 is 0. The number of benzene rings is 2. The molecule has 2 amide bonds. The van der Waals surface area contributed by atoms with E-state index in [2.05, 4.69) is 10.6 Å². The van der Waals surface area contributed by atoms with E-state index in [-0.39, 0.29) is 12.2 Å². The lowest BCUT2D eigenvalue weighted by atomic mass is 10.1. The summed E-state index contributed by atoms with van der Waals surface area (Å²) in [7, 11) is 0. The number of amides is 2. The molecular weight excluding hydrogens is 300 g/mol. The lowest BCUT2D eigenvalue weighted by Crippen LogP contribution is -2.28. The molecule has 0 aromatic heterocycles. The highest BCUT2D eigenvalue weighted by molar-refractivity contribution is 5.89. The number of alkyl halides is 3. The smallest absolute Gasteiger partial charge is 0.334 e. The average molecular weight is 312 g/mol. The summed E-state index contributed by atoms with van der Waals surface area (Å²) in [6.07, 6.45) is -4.39. The van der Waals surface area contributed by atoms with E-state index >= 15 is 0 Å². The van der Waals surface area contributed by atoms with Crippen molar-refractivity contribution in [3.8, 4) is 0 Å². The number of hydrogen-bond donors (Lipinski definition) is 2. The second-order valence-electron chi connectivity index (χ2n) is 4.48. The summed E-state index contributed by atoms with van der Waals surface area (Å²) in [5.74, 6) is -0.577. The lowest BCUT2D eigenvalue weighted by molar-refractivity contribution is -0.137. The SMILES string of the molecule is O=C(NCc1ccc(C(F)(F)F)cc1)Nc1ccccc1F. The fourth-order valence-electron chi connectivity index (χ4n) is 1.72. The van der Waals surface area contributed by atoms with Gasteiger partial charge in [-0.05, 0) is 29.8 Å². The molecular formula is C15H12F4N2O. The fraction of sp³-hybridized carbons (Fsp3) is 0.133. The van der Waals surface area contributed by atoms with Crippen molar-refractivity contribution in [2.24, 2.45) is 0 Å². The quantitative estimate of drug-likeness (QED) is 0.821. The number of carbonyl (C=O) groups excluding carboxylic acids is 1. The highest BCUT2D eigenvalue weighted by Gasteiger charge is 2.29. The Morgan fingerprint density at radius 3 is 2.23 bits per heavy atom. The minimum Gasteiger partial charge on any atom is -0.334 e. The summed E-state index contributed by atoms with van der Waals surface area (Å²) in [6.45, 7) is 0.0262. The van der Waals surface area contributed by atoms with Gasteiger partial charge in [0.1, 0.15) is 5.82 Å². The van der Waals surface area contributed by atoms with Crippen LogP contribution in [-0.2, 0) is 12.7 Å². The third-order valence-electron chi connectivity index (χ3n) is 2.86. The van der Waals surface area contributed by atoms with Crippen LogP contribution in [0.5, 0.6) is 0 Å². The Morgan fingerprint density at radius 1 is 1.00 bits per heavy atom. The Balaban J connectivity index is 1.90. The zero-order valence-corrected chi connectivity index (χ0v) is 11.2. The van der Waals surface area contributed by atoms with Gasteiger partial charge < -0.3 is 10.6 Å². The lowest BCUT2D eigenvalue weighted by Gasteiger charge is -2.10.